The quantitative estimate of drug-likeness (QED) is 0.373. The summed E-state index contributed by atoms with van der Waals surface area (Å²) in [7, 11) is 0. The van der Waals surface area contributed by atoms with E-state index in [1.165, 1.54) is 34.0 Å². The number of nitrogens with zero attached hydrogens (tertiary/aromatic N) is 3. The van der Waals surface area contributed by atoms with Crippen LogP contribution in [0.1, 0.15) is 24.2 Å². The fraction of sp³-hybridized carbons (Fsp3) is 0.312. The lowest BCUT2D eigenvalue weighted by atomic mass is 10.2. The zero-order chi connectivity index (χ0) is 18.8. The molecular weight excluding hydrogens is 374 g/mol. The number of hydrogen-bond donors (Lipinski definition) is 2. The minimum atomic E-state index is -0.762. The number of carbonyl (C=O) groups excluding carboxylic acids is 1. The van der Waals surface area contributed by atoms with E-state index in [9.17, 15) is 14.4 Å². The molecule has 26 heavy (non-hydrogen) atoms. The number of aromatic nitrogens is 4. The normalized spacial score (nSPS) is 11.3. The molecule has 0 aliphatic heterocycles. The monoisotopic (exact) mass is 391 g/mol. The molecule has 0 bridgehead atoms. The molecule has 0 amide bonds. The third kappa shape index (κ3) is 3.56. The number of Topliss-reactive ketones (excluding diaryl/α,β-unsaturated/α-hetero) is 1. The van der Waals surface area contributed by atoms with Gasteiger partial charge in [-0.2, -0.15) is 0 Å². The smallest absolute Gasteiger partial charge is 0.329 e. The molecule has 0 aliphatic rings. The molecule has 0 unspecified atom stereocenters. The molecule has 136 valence electrons. The SMILES string of the molecule is CC(C)Cn1c(N)c(C(=O)CSc2ncnc3ccsc23)c(=O)[nH]c1=O. The molecule has 0 aliphatic carbocycles. The highest BCUT2D eigenvalue weighted by Gasteiger charge is 2.20. The fourth-order valence-corrected chi connectivity index (χ4v) is 4.30. The summed E-state index contributed by atoms with van der Waals surface area (Å²) in [6.07, 6.45) is 1.44. The Labute approximate surface area is 156 Å². The van der Waals surface area contributed by atoms with E-state index in [4.69, 9.17) is 5.73 Å². The van der Waals surface area contributed by atoms with Crippen LogP contribution in [-0.4, -0.2) is 31.1 Å². The molecule has 0 aromatic carbocycles. The highest BCUT2D eigenvalue weighted by Crippen LogP contribution is 2.29. The van der Waals surface area contributed by atoms with Crippen molar-refractivity contribution in [2.45, 2.75) is 25.4 Å². The number of nitrogens with one attached hydrogen (secondary N) is 1. The van der Waals surface area contributed by atoms with E-state index in [-0.39, 0.29) is 23.1 Å². The molecule has 0 saturated heterocycles. The Morgan fingerprint density at radius 2 is 2.15 bits per heavy atom. The average Bonchev–Trinajstić information content (AvgIpc) is 3.05. The number of fused-ring (bicyclic) bond motifs is 1. The number of carbonyl (C=O) groups is 1. The first kappa shape index (κ1) is 18.3. The van der Waals surface area contributed by atoms with Gasteiger partial charge in [-0.15, -0.1) is 11.3 Å². The van der Waals surface area contributed by atoms with Crippen LogP contribution in [0, 0.1) is 5.92 Å². The Morgan fingerprint density at radius 3 is 2.88 bits per heavy atom. The minimum absolute atomic E-state index is 0.0167. The van der Waals surface area contributed by atoms with Gasteiger partial charge in [-0.1, -0.05) is 25.6 Å². The number of nitrogen functional groups attached to an aromatic ring is 1. The first-order valence-electron chi connectivity index (χ1n) is 7.85. The summed E-state index contributed by atoms with van der Waals surface area (Å²) in [5.74, 6) is -0.431. The second-order valence-electron chi connectivity index (χ2n) is 6.05. The topological polar surface area (TPSA) is 124 Å². The van der Waals surface area contributed by atoms with Crippen molar-refractivity contribution in [3.63, 3.8) is 0 Å². The second-order valence-corrected chi connectivity index (χ2v) is 7.93. The van der Waals surface area contributed by atoms with E-state index >= 15 is 0 Å². The van der Waals surface area contributed by atoms with E-state index < -0.39 is 17.0 Å². The molecule has 3 aromatic heterocycles. The Balaban J connectivity index is 1.89. The number of H-pyrrole nitrogens is 1. The number of anilines is 1. The largest absolute Gasteiger partial charge is 0.384 e. The first-order chi connectivity index (χ1) is 12.4. The van der Waals surface area contributed by atoms with Gasteiger partial charge in [0.15, 0.2) is 5.78 Å². The Bertz CT molecular complexity index is 1080. The fourth-order valence-electron chi connectivity index (χ4n) is 2.48. The predicted molar refractivity (Wildman–Crippen MR) is 103 cm³/mol. The lowest BCUT2D eigenvalue weighted by Gasteiger charge is -2.13. The Kier molecular flexibility index (Phi) is 5.23. The second kappa shape index (κ2) is 7.42. The predicted octanol–water partition coefficient (Wildman–Crippen LogP) is 1.75. The van der Waals surface area contributed by atoms with Crippen molar-refractivity contribution in [3.05, 3.63) is 44.2 Å². The van der Waals surface area contributed by atoms with Crippen molar-refractivity contribution in [1.82, 2.24) is 19.5 Å². The van der Waals surface area contributed by atoms with E-state index in [1.54, 1.807) is 0 Å². The summed E-state index contributed by atoms with van der Waals surface area (Å²) in [5, 5.41) is 2.57. The first-order valence-corrected chi connectivity index (χ1v) is 9.71. The summed E-state index contributed by atoms with van der Waals surface area (Å²) in [6, 6.07) is 1.87. The van der Waals surface area contributed by atoms with Crippen molar-refractivity contribution < 1.29 is 4.79 Å². The van der Waals surface area contributed by atoms with Gasteiger partial charge in [-0.3, -0.25) is 19.1 Å². The van der Waals surface area contributed by atoms with Crippen LogP contribution < -0.4 is 17.0 Å². The van der Waals surface area contributed by atoms with Crippen LogP contribution in [-0.2, 0) is 6.54 Å². The van der Waals surface area contributed by atoms with Crippen LogP contribution >= 0.6 is 23.1 Å². The molecule has 3 aromatic rings. The van der Waals surface area contributed by atoms with Gasteiger partial charge in [0.05, 0.1) is 16.0 Å². The highest BCUT2D eigenvalue weighted by atomic mass is 32.2. The van der Waals surface area contributed by atoms with Crippen LogP contribution in [0.2, 0.25) is 0 Å². The van der Waals surface area contributed by atoms with Crippen molar-refractivity contribution in [2.75, 3.05) is 11.5 Å². The van der Waals surface area contributed by atoms with Gasteiger partial charge in [-0.05, 0) is 17.4 Å². The van der Waals surface area contributed by atoms with Gasteiger partial charge in [0, 0.05) is 6.54 Å². The number of thiophene rings is 1. The molecule has 0 radical (unpaired) electrons. The van der Waals surface area contributed by atoms with Crippen LogP contribution in [0.5, 0.6) is 0 Å². The van der Waals surface area contributed by atoms with Crippen molar-refractivity contribution in [2.24, 2.45) is 5.92 Å². The summed E-state index contributed by atoms with van der Waals surface area (Å²) in [6.45, 7) is 4.14. The third-order valence-electron chi connectivity index (χ3n) is 3.62. The maximum Gasteiger partial charge on any atom is 0.329 e. The molecule has 0 spiro atoms. The molecule has 0 atom stereocenters. The van der Waals surface area contributed by atoms with Gasteiger partial charge in [-0.25, -0.2) is 14.8 Å². The molecule has 10 heteroatoms. The van der Waals surface area contributed by atoms with Crippen molar-refractivity contribution in [3.8, 4) is 0 Å². The number of nitrogens with two attached hydrogens (primary N) is 1. The van der Waals surface area contributed by atoms with E-state index in [1.807, 2.05) is 25.3 Å². The molecule has 8 nitrogen and oxygen atoms in total. The van der Waals surface area contributed by atoms with E-state index in [0.29, 0.717) is 11.6 Å². The minimum Gasteiger partial charge on any atom is -0.384 e. The van der Waals surface area contributed by atoms with Crippen molar-refractivity contribution in [1.29, 1.82) is 0 Å². The zero-order valence-corrected chi connectivity index (χ0v) is 15.8. The summed E-state index contributed by atoms with van der Waals surface area (Å²) >= 11 is 2.70. The molecular formula is C16H17N5O3S2. The van der Waals surface area contributed by atoms with E-state index in [0.717, 1.165) is 10.2 Å². The number of ketones is 1. The van der Waals surface area contributed by atoms with Gasteiger partial charge < -0.3 is 5.73 Å². The molecule has 0 fully saturated rings. The summed E-state index contributed by atoms with van der Waals surface area (Å²) in [5.41, 5.74) is 5.22. The van der Waals surface area contributed by atoms with Crippen LogP contribution in [0.4, 0.5) is 5.82 Å². The lowest BCUT2D eigenvalue weighted by Crippen LogP contribution is -2.37. The highest BCUT2D eigenvalue weighted by molar-refractivity contribution is 8.00. The number of thioether (sulfide) groups is 1. The van der Waals surface area contributed by atoms with Gasteiger partial charge in [0.1, 0.15) is 22.7 Å². The van der Waals surface area contributed by atoms with Crippen LogP contribution in [0.3, 0.4) is 0 Å². The van der Waals surface area contributed by atoms with E-state index in [2.05, 4.69) is 15.0 Å². The van der Waals surface area contributed by atoms with Crippen molar-refractivity contribution >= 4 is 44.9 Å². The lowest BCUT2D eigenvalue weighted by molar-refractivity contribution is 0.102. The average molecular weight is 391 g/mol. The summed E-state index contributed by atoms with van der Waals surface area (Å²) in [4.78, 5) is 47.2. The molecule has 3 rings (SSSR count). The number of rotatable bonds is 6. The molecule has 3 N–H and O–H groups in total. The number of aromatic amines is 1. The maximum absolute atomic E-state index is 12.6. The molecule has 3 heterocycles. The van der Waals surface area contributed by atoms with Gasteiger partial charge in [0.25, 0.3) is 5.56 Å². The molecule has 0 saturated carbocycles. The van der Waals surface area contributed by atoms with Crippen LogP contribution in [0.15, 0.2) is 32.4 Å². The van der Waals surface area contributed by atoms with Crippen LogP contribution in [0.25, 0.3) is 10.2 Å². The van der Waals surface area contributed by atoms with Gasteiger partial charge in [0.2, 0.25) is 0 Å². The maximum atomic E-state index is 12.6. The summed E-state index contributed by atoms with van der Waals surface area (Å²) < 4.78 is 2.11. The third-order valence-corrected chi connectivity index (χ3v) is 5.65. The Hall–Kier alpha value is -2.46. The number of hydrogen-bond acceptors (Lipinski definition) is 8. The zero-order valence-electron chi connectivity index (χ0n) is 14.2. The standard InChI is InChI=1S/C16H17N5O3S2/c1-8(2)5-21-13(17)11(14(23)20-16(21)24)10(22)6-26-15-12-9(3-4-25-12)18-7-19-15/h3-4,7-8H,5-6,17H2,1-2H3,(H,20,23,24). The van der Waals surface area contributed by atoms with Gasteiger partial charge >= 0.3 is 5.69 Å². The Morgan fingerprint density at radius 1 is 1.38 bits per heavy atom.